The molecule has 1 saturated carbocycles. The number of benzene rings is 1. The van der Waals surface area contributed by atoms with Crippen LogP contribution in [0.25, 0.3) is 22.3 Å². The molecule has 1 amide bonds. The first-order valence-corrected chi connectivity index (χ1v) is 11.9. The maximum Gasteiger partial charge on any atom is 0.343 e. The van der Waals surface area contributed by atoms with Gasteiger partial charge in [0.05, 0.1) is 29.0 Å². The molecular formula is C26H24FN3O6. The van der Waals surface area contributed by atoms with Crippen molar-refractivity contribution in [3.63, 3.8) is 0 Å². The van der Waals surface area contributed by atoms with Crippen molar-refractivity contribution < 1.29 is 28.9 Å². The minimum absolute atomic E-state index is 0.0183. The van der Waals surface area contributed by atoms with Gasteiger partial charge in [0.2, 0.25) is 0 Å². The summed E-state index contributed by atoms with van der Waals surface area (Å²) in [5, 5.41) is 24.6. The lowest BCUT2D eigenvalue weighted by molar-refractivity contribution is -0.172. The van der Waals surface area contributed by atoms with Crippen molar-refractivity contribution in [2.45, 2.75) is 64.0 Å². The number of rotatable bonds is 4. The molecule has 3 N–H and O–H groups in total. The Bertz CT molecular complexity index is 1570. The summed E-state index contributed by atoms with van der Waals surface area (Å²) < 4.78 is 21.1. The van der Waals surface area contributed by atoms with Crippen molar-refractivity contribution in [2.24, 2.45) is 0 Å². The summed E-state index contributed by atoms with van der Waals surface area (Å²) >= 11 is 0. The van der Waals surface area contributed by atoms with E-state index in [-0.39, 0.29) is 37.2 Å². The van der Waals surface area contributed by atoms with Crippen molar-refractivity contribution in [1.29, 1.82) is 0 Å². The number of esters is 1. The van der Waals surface area contributed by atoms with E-state index in [1.54, 1.807) is 26.0 Å². The molecule has 186 valence electrons. The standard InChI is InChI=1S/C26H24FN3O6/c1-3-26(35)17-7-20-21-15(10-30(20)22(31)16(17)11-36-24(26)33)14(9-28-23(32)25(34)4-5-25)13-6-12(2)18(27)8-19(13)29-21/h6-8,34-35H,3-5,9-11H2,1-2H3,(H,28,32)/t26-/m0/s1. The highest BCUT2D eigenvalue weighted by Crippen LogP contribution is 2.41. The normalized spacial score (nSPS) is 21.0. The maximum atomic E-state index is 14.5. The first kappa shape index (κ1) is 22.8. The second-order valence-corrected chi connectivity index (χ2v) is 9.85. The van der Waals surface area contributed by atoms with E-state index in [0.29, 0.717) is 51.8 Å². The van der Waals surface area contributed by atoms with E-state index in [0.717, 1.165) is 0 Å². The highest BCUT2D eigenvalue weighted by atomic mass is 19.1. The molecule has 6 rings (SSSR count). The summed E-state index contributed by atoms with van der Waals surface area (Å²) in [6, 6.07) is 4.55. The zero-order chi connectivity index (χ0) is 25.6. The quantitative estimate of drug-likeness (QED) is 0.369. The van der Waals surface area contributed by atoms with Gasteiger partial charge >= 0.3 is 5.97 Å². The SMILES string of the molecule is CC[C@@]1(O)C(=O)OCc2c1cc1n(c2=O)Cc2c-1nc1cc(F)c(C)cc1c2CNC(=O)C1(O)CC1. The number of carbonyl (C=O) groups excluding carboxylic acids is 2. The van der Waals surface area contributed by atoms with E-state index < -0.39 is 34.5 Å². The average molecular weight is 493 g/mol. The van der Waals surface area contributed by atoms with Gasteiger partial charge in [0.15, 0.2) is 5.60 Å². The number of halogens is 1. The molecule has 0 bridgehead atoms. The van der Waals surface area contributed by atoms with Gasteiger partial charge in [0.1, 0.15) is 18.0 Å². The van der Waals surface area contributed by atoms with Crippen molar-refractivity contribution >= 4 is 22.8 Å². The smallest absolute Gasteiger partial charge is 0.343 e. The van der Waals surface area contributed by atoms with E-state index in [4.69, 9.17) is 4.74 Å². The van der Waals surface area contributed by atoms with E-state index >= 15 is 0 Å². The van der Waals surface area contributed by atoms with Crippen molar-refractivity contribution in [3.05, 3.63) is 62.2 Å². The molecule has 3 aromatic rings. The van der Waals surface area contributed by atoms with E-state index in [1.807, 2.05) is 0 Å². The topological polar surface area (TPSA) is 131 Å². The molecule has 36 heavy (non-hydrogen) atoms. The summed E-state index contributed by atoms with van der Waals surface area (Å²) in [6.07, 6.45) is 0.808. The molecule has 0 saturated heterocycles. The zero-order valence-corrected chi connectivity index (χ0v) is 19.8. The predicted molar refractivity (Wildman–Crippen MR) is 125 cm³/mol. The number of aromatic nitrogens is 2. The van der Waals surface area contributed by atoms with Crippen LogP contribution in [0.15, 0.2) is 23.0 Å². The molecule has 1 aromatic carbocycles. The molecule has 9 nitrogen and oxygen atoms in total. The Hall–Kier alpha value is -3.63. The minimum atomic E-state index is -1.96. The summed E-state index contributed by atoms with van der Waals surface area (Å²) in [5.41, 5.74) is -0.442. The second kappa shape index (κ2) is 7.44. The van der Waals surface area contributed by atoms with Gasteiger partial charge in [0.25, 0.3) is 11.5 Å². The molecule has 2 aliphatic heterocycles. The van der Waals surface area contributed by atoms with Crippen LogP contribution in [-0.2, 0) is 39.6 Å². The van der Waals surface area contributed by atoms with Gasteiger partial charge in [-0.05, 0) is 49.4 Å². The van der Waals surface area contributed by atoms with Gasteiger partial charge in [-0.3, -0.25) is 9.59 Å². The fourth-order valence-electron chi connectivity index (χ4n) is 5.17. The zero-order valence-electron chi connectivity index (χ0n) is 19.8. The first-order valence-electron chi connectivity index (χ1n) is 11.9. The number of hydrogen-bond donors (Lipinski definition) is 3. The Balaban J connectivity index is 1.56. The average Bonchev–Trinajstić information content (AvgIpc) is 3.50. The van der Waals surface area contributed by atoms with Crippen LogP contribution in [0, 0.1) is 12.7 Å². The van der Waals surface area contributed by atoms with E-state index in [2.05, 4.69) is 10.3 Å². The third-order valence-electron chi connectivity index (χ3n) is 7.66. The molecule has 1 fully saturated rings. The molecule has 0 spiro atoms. The summed E-state index contributed by atoms with van der Waals surface area (Å²) in [5.74, 6) is -1.74. The Labute approximate surface area is 204 Å². The van der Waals surface area contributed by atoms with Crippen LogP contribution in [0.1, 0.15) is 54.0 Å². The Morgan fingerprint density at radius 2 is 1.97 bits per heavy atom. The molecule has 4 heterocycles. The van der Waals surface area contributed by atoms with Crippen LogP contribution in [0.4, 0.5) is 4.39 Å². The van der Waals surface area contributed by atoms with Crippen LogP contribution in [-0.4, -0.2) is 37.2 Å². The van der Waals surface area contributed by atoms with Gasteiger partial charge in [0, 0.05) is 29.1 Å². The lowest BCUT2D eigenvalue weighted by atomic mass is 9.86. The van der Waals surface area contributed by atoms with Crippen LogP contribution in [0.5, 0.6) is 0 Å². The van der Waals surface area contributed by atoms with Gasteiger partial charge in [-0.2, -0.15) is 0 Å². The molecule has 1 aliphatic carbocycles. The number of nitrogens with one attached hydrogen (secondary N) is 1. The molecule has 3 aliphatic rings. The predicted octanol–water partition coefficient (Wildman–Crippen LogP) is 1.67. The molecule has 1 atom stereocenters. The Morgan fingerprint density at radius 1 is 1.22 bits per heavy atom. The largest absolute Gasteiger partial charge is 0.458 e. The number of carbonyl (C=O) groups is 2. The summed E-state index contributed by atoms with van der Waals surface area (Å²) in [7, 11) is 0. The second-order valence-electron chi connectivity index (χ2n) is 9.85. The van der Waals surface area contributed by atoms with E-state index in [9.17, 15) is 29.0 Å². The van der Waals surface area contributed by atoms with Crippen LogP contribution >= 0.6 is 0 Å². The Kier molecular flexibility index (Phi) is 4.71. The molecule has 10 heteroatoms. The van der Waals surface area contributed by atoms with E-state index in [1.165, 1.54) is 10.6 Å². The van der Waals surface area contributed by atoms with Gasteiger partial charge in [-0.25, -0.2) is 14.2 Å². The lowest BCUT2D eigenvalue weighted by Gasteiger charge is -2.31. The number of ether oxygens (including phenoxy) is 1. The highest BCUT2D eigenvalue weighted by Gasteiger charge is 2.48. The first-order chi connectivity index (χ1) is 17.1. The molecule has 0 unspecified atom stereocenters. The fourth-order valence-corrected chi connectivity index (χ4v) is 5.17. The number of pyridine rings is 2. The van der Waals surface area contributed by atoms with Crippen LogP contribution in [0.2, 0.25) is 0 Å². The third kappa shape index (κ3) is 3.07. The van der Waals surface area contributed by atoms with Gasteiger partial charge < -0.3 is 24.8 Å². The maximum absolute atomic E-state index is 14.5. The number of hydrogen-bond acceptors (Lipinski definition) is 7. The highest BCUT2D eigenvalue weighted by molar-refractivity contribution is 5.91. The summed E-state index contributed by atoms with van der Waals surface area (Å²) in [6.45, 7) is 3.21. The van der Waals surface area contributed by atoms with Gasteiger partial charge in [-0.1, -0.05) is 6.92 Å². The summed E-state index contributed by atoms with van der Waals surface area (Å²) in [4.78, 5) is 43.0. The number of amides is 1. The van der Waals surface area contributed by atoms with Gasteiger partial charge in [-0.15, -0.1) is 0 Å². The lowest BCUT2D eigenvalue weighted by Crippen LogP contribution is -2.44. The van der Waals surface area contributed by atoms with Crippen molar-refractivity contribution in [1.82, 2.24) is 14.9 Å². The number of fused-ring (bicyclic) bond motifs is 5. The number of cyclic esters (lactones) is 1. The van der Waals surface area contributed by atoms with Crippen molar-refractivity contribution in [3.8, 4) is 11.4 Å². The monoisotopic (exact) mass is 493 g/mol. The molecule has 0 radical (unpaired) electrons. The fraction of sp³-hybridized carbons (Fsp3) is 0.385. The third-order valence-corrected chi connectivity index (χ3v) is 7.66. The van der Waals surface area contributed by atoms with Crippen LogP contribution < -0.4 is 10.9 Å². The minimum Gasteiger partial charge on any atom is -0.458 e. The Morgan fingerprint density at radius 3 is 2.67 bits per heavy atom. The van der Waals surface area contributed by atoms with Crippen LogP contribution in [0.3, 0.4) is 0 Å². The van der Waals surface area contributed by atoms with Crippen molar-refractivity contribution in [2.75, 3.05) is 0 Å². The number of nitrogens with zero attached hydrogens (tertiary/aromatic N) is 2. The number of aliphatic hydroxyl groups is 2. The molecular weight excluding hydrogens is 469 g/mol. The molecule has 2 aromatic heterocycles. The number of aryl methyl sites for hydroxylation is 1.